The van der Waals surface area contributed by atoms with Gasteiger partial charge in [0.15, 0.2) is 0 Å². The monoisotopic (exact) mass is 372 g/mol. The van der Waals surface area contributed by atoms with Crippen LogP contribution >= 0.6 is 24.8 Å². The molecule has 1 fully saturated rings. The number of hydrogen-bond acceptors (Lipinski definition) is 2. The van der Waals surface area contributed by atoms with Crippen LogP contribution in [-0.2, 0) is 0 Å². The van der Waals surface area contributed by atoms with Gasteiger partial charge in [0, 0.05) is 38.6 Å². The van der Waals surface area contributed by atoms with Gasteiger partial charge >= 0.3 is 6.18 Å². The Morgan fingerprint density at radius 3 is 2.30 bits per heavy atom. The van der Waals surface area contributed by atoms with Gasteiger partial charge in [-0.15, -0.1) is 24.8 Å². The third kappa shape index (κ3) is 6.49. The third-order valence-electron chi connectivity index (χ3n) is 4.30. The Labute approximate surface area is 148 Å². The molecule has 134 valence electrons. The zero-order chi connectivity index (χ0) is 15.5. The lowest BCUT2D eigenvalue weighted by atomic mass is 9.93. The van der Waals surface area contributed by atoms with Gasteiger partial charge in [0.25, 0.3) is 0 Å². The fraction of sp³-hybridized carbons (Fsp3) is 0.625. The van der Waals surface area contributed by atoms with E-state index in [1.54, 1.807) is 0 Å². The van der Waals surface area contributed by atoms with E-state index in [4.69, 9.17) is 0 Å². The van der Waals surface area contributed by atoms with Gasteiger partial charge in [-0.25, -0.2) is 0 Å². The molecule has 0 saturated carbocycles. The quantitative estimate of drug-likeness (QED) is 0.840. The number of hydrogen-bond donors (Lipinski definition) is 1. The molecule has 23 heavy (non-hydrogen) atoms. The summed E-state index contributed by atoms with van der Waals surface area (Å²) in [6.07, 6.45) is -4.69. The van der Waals surface area contributed by atoms with Crippen molar-refractivity contribution in [3.05, 3.63) is 34.9 Å². The van der Waals surface area contributed by atoms with Crippen LogP contribution in [0.15, 0.2) is 18.2 Å². The highest BCUT2D eigenvalue weighted by atomic mass is 35.5. The molecule has 1 aromatic rings. The first-order chi connectivity index (χ1) is 9.88. The first-order valence-electron chi connectivity index (χ1n) is 7.46. The molecule has 2 rings (SSSR count). The summed E-state index contributed by atoms with van der Waals surface area (Å²) in [6.45, 7) is 7.30. The number of rotatable bonds is 4. The number of piperazine rings is 1. The number of benzene rings is 1. The molecule has 2 nitrogen and oxygen atoms in total. The lowest BCUT2D eigenvalue weighted by Gasteiger charge is -2.36. The Kier molecular flexibility index (Phi) is 9.51. The number of nitrogens with zero attached hydrogens (tertiary/aromatic N) is 1. The smallest absolute Gasteiger partial charge is 0.314 e. The third-order valence-corrected chi connectivity index (χ3v) is 4.30. The van der Waals surface area contributed by atoms with Gasteiger partial charge in [0.1, 0.15) is 0 Å². The number of halogens is 5. The molecule has 0 aromatic heterocycles. The summed E-state index contributed by atoms with van der Waals surface area (Å²) in [5.74, 6) is 0. The second-order valence-corrected chi connectivity index (χ2v) is 5.74. The molecule has 1 saturated heterocycles. The van der Waals surface area contributed by atoms with E-state index in [1.165, 1.54) is 0 Å². The number of nitrogens with one attached hydrogen (secondary N) is 1. The summed E-state index contributed by atoms with van der Waals surface area (Å²) in [6, 6.07) is 5.79. The van der Waals surface area contributed by atoms with E-state index >= 15 is 0 Å². The van der Waals surface area contributed by atoms with Gasteiger partial charge in [0.05, 0.1) is 0 Å². The first-order valence-corrected chi connectivity index (χ1v) is 7.46. The van der Waals surface area contributed by atoms with Gasteiger partial charge in [-0.1, -0.05) is 18.2 Å². The van der Waals surface area contributed by atoms with E-state index in [2.05, 4.69) is 10.2 Å². The summed E-state index contributed by atoms with van der Waals surface area (Å²) in [5.41, 5.74) is 3.30. The van der Waals surface area contributed by atoms with Crippen molar-refractivity contribution < 1.29 is 13.2 Å². The summed E-state index contributed by atoms with van der Waals surface area (Å²) >= 11 is 0. The van der Waals surface area contributed by atoms with Crippen molar-refractivity contribution in [2.45, 2.75) is 38.9 Å². The molecular weight excluding hydrogens is 348 g/mol. The number of aryl methyl sites for hydroxylation is 1. The minimum absolute atomic E-state index is 0. The predicted octanol–water partition coefficient (Wildman–Crippen LogP) is 4.44. The topological polar surface area (TPSA) is 15.3 Å². The summed E-state index contributed by atoms with van der Waals surface area (Å²) in [4.78, 5) is 2.18. The van der Waals surface area contributed by atoms with E-state index < -0.39 is 12.6 Å². The summed E-state index contributed by atoms with van der Waals surface area (Å²) in [5, 5.41) is 3.26. The second kappa shape index (κ2) is 9.72. The molecule has 0 amide bonds. The van der Waals surface area contributed by atoms with Crippen LogP contribution in [0.2, 0.25) is 0 Å². The van der Waals surface area contributed by atoms with Crippen LogP contribution in [0.4, 0.5) is 13.2 Å². The maximum absolute atomic E-state index is 12.6. The zero-order valence-electron chi connectivity index (χ0n) is 13.4. The standard InChI is InChI=1S/C16H23F3N2.2ClH/c1-12-4-3-5-14(13(12)2)15(6-7-16(17,18)19)21-10-8-20-9-11-21;;/h3-5,15,20H,6-11H2,1-2H3;2*1H/t15-;;/m0../s1. The van der Waals surface area contributed by atoms with Crippen LogP contribution in [0.3, 0.4) is 0 Å². The Balaban J connectivity index is 0.00000242. The van der Waals surface area contributed by atoms with Crippen LogP contribution in [0.25, 0.3) is 0 Å². The Bertz CT molecular complexity index is 475. The van der Waals surface area contributed by atoms with Crippen LogP contribution < -0.4 is 5.32 Å². The highest BCUT2D eigenvalue weighted by molar-refractivity contribution is 5.85. The van der Waals surface area contributed by atoms with E-state index in [9.17, 15) is 13.2 Å². The highest BCUT2D eigenvalue weighted by Gasteiger charge is 2.31. The lowest BCUT2D eigenvalue weighted by molar-refractivity contribution is -0.138. The fourth-order valence-electron chi connectivity index (χ4n) is 2.96. The average Bonchev–Trinajstić information content (AvgIpc) is 2.43. The Morgan fingerprint density at radius 2 is 1.74 bits per heavy atom. The molecule has 0 aliphatic carbocycles. The van der Waals surface area contributed by atoms with Crippen molar-refractivity contribution in [1.29, 1.82) is 0 Å². The van der Waals surface area contributed by atoms with Crippen molar-refractivity contribution in [2.24, 2.45) is 0 Å². The van der Waals surface area contributed by atoms with E-state index in [1.807, 2.05) is 32.0 Å². The van der Waals surface area contributed by atoms with E-state index in [0.717, 1.165) is 42.9 Å². The Morgan fingerprint density at radius 1 is 1.13 bits per heavy atom. The van der Waals surface area contributed by atoms with Crippen LogP contribution in [0.1, 0.15) is 35.6 Å². The molecule has 1 aliphatic rings. The van der Waals surface area contributed by atoms with Gasteiger partial charge in [-0.2, -0.15) is 13.2 Å². The predicted molar refractivity (Wildman–Crippen MR) is 92.9 cm³/mol. The molecule has 7 heteroatoms. The molecule has 1 aliphatic heterocycles. The number of alkyl halides is 3. The maximum Gasteiger partial charge on any atom is 0.389 e. The summed E-state index contributed by atoms with van der Waals surface area (Å²) in [7, 11) is 0. The highest BCUT2D eigenvalue weighted by Crippen LogP contribution is 2.33. The van der Waals surface area contributed by atoms with Gasteiger partial charge < -0.3 is 5.32 Å². The zero-order valence-corrected chi connectivity index (χ0v) is 15.1. The molecule has 1 atom stereocenters. The van der Waals surface area contributed by atoms with Gasteiger partial charge in [-0.3, -0.25) is 4.90 Å². The second-order valence-electron chi connectivity index (χ2n) is 5.74. The van der Waals surface area contributed by atoms with Crippen molar-refractivity contribution in [3.8, 4) is 0 Å². The van der Waals surface area contributed by atoms with Gasteiger partial charge in [0.2, 0.25) is 0 Å². The molecule has 1 aromatic carbocycles. The van der Waals surface area contributed by atoms with Crippen LogP contribution in [0, 0.1) is 13.8 Å². The molecule has 0 radical (unpaired) electrons. The largest absolute Gasteiger partial charge is 0.389 e. The Hall–Kier alpha value is -0.490. The average molecular weight is 373 g/mol. The molecule has 0 unspecified atom stereocenters. The molecule has 1 N–H and O–H groups in total. The van der Waals surface area contributed by atoms with Gasteiger partial charge in [-0.05, 0) is 37.0 Å². The SMILES string of the molecule is Cc1cccc([C@H](CCC(F)(F)F)N2CCNCC2)c1C.Cl.Cl. The lowest BCUT2D eigenvalue weighted by Crippen LogP contribution is -2.45. The van der Waals surface area contributed by atoms with Crippen molar-refractivity contribution >= 4 is 24.8 Å². The van der Waals surface area contributed by atoms with Crippen LogP contribution in [-0.4, -0.2) is 37.3 Å². The maximum atomic E-state index is 12.6. The fourth-order valence-corrected chi connectivity index (χ4v) is 2.96. The van der Waals surface area contributed by atoms with E-state index in [-0.39, 0.29) is 37.3 Å². The van der Waals surface area contributed by atoms with Crippen molar-refractivity contribution in [1.82, 2.24) is 10.2 Å². The normalized spacial score (nSPS) is 17.1. The molecule has 0 bridgehead atoms. The first kappa shape index (κ1) is 22.5. The van der Waals surface area contributed by atoms with Crippen molar-refractivity contribution in [3.63, 3.8) is 0 Å². The summed E-state index contributed by atoms with van der Waals surface area (Å²) < 4.78 is 37.9. The van der Waals surface area contributed by atoms with Crippen molar-refractivity contribution in [2.75, 3.05) is 26.2 Å². The molecule has 1 heterocycles. The molecule has 0 spiro atoms. The minimum Gasteiger partial charge on any atom is -0.314 e. The van der Waals surface area contributed by atoms with Crippen LogP contribution in [0.5, 0.6) is 0 Å². The van der Waals surface area contributed by atoms with E-state index in [0.29, 0.717) is 0 Å². The molecular formula is C16H25Cl2F3N2. The minimum atomic E-state index is -4.09.